The van der Waals surface area contributed by atoms with E-state index in [0.717, 1.165) is 73.5 Å². The Morgan fingerprint density at radius 2 is 0.921 bits per heavy atom. The first kappa shape index (κ1) is 25.2. The van der Waals surface area contributed by atoms with Crippen LogP contribution in [0, 0.1) is 47.3 Å². The highest BCUT2D eigenvalue weighted by Crippen LogP contribution is 2.45. The third-order valence-corrected chi connectivity index (χ3v) is 11.1. The van der Waals surface area contributed by atoms with Gasteiger partial charge in [-0.3, -0.25) is 9.59 Å². The lowest BCUT2D eigenvalue weighted by Gasteiger charge is -2.41. The average molecular weight is 515 g/mol. The number of nitrogens with one attached hydrogen (secondary N) is 2. The summed E-state index contributed by atoms with van der Waals surface area (Å²) in [5, 5.41) is 7.44. The van der Waals surface area contributed by atoms with Gasteiger partial charge in [0.15, 0.2) is 0 Å². The van der Waals surface area contributed by atoms with E-state index in [-0.39, 0.29) is 0 Å². The van der Waals surface area contributed by atoms with Crippen LogP contribution in [-0.2, 0) is 9.59 Å². The number of carbonyl (C=O) groups excluding carboxylic acids is 2. The Morgan fingerprint density at radius 3 is 1.24 bits per heavy atom. The van der Waals surface area contributed by atoms with Gasteiger partial charge >= 0.3 is 0 Å². The van der Waals surface area contributed by atoms with Crippen molar-refractivity contribution in [2.24, 2.45) is 47.3 Å². The van der Waals surface area contributed by atoms with Crippen LogP contribution in [0.15, 0.2) is 48.6 Å². The highest BCUT2D eigenvalue weighted by atomic mass is 16.1. The van der Waals surface area contributed by atoms with Gasteiger partial charge < -0.3 is 10.6 Å². The summed E-state index contributed by atoms with van der Waals surface area (Å²) in [7, 11) is 0. The summed E-state index contributed by atoms with van der Waals surface area (Å²) < 4.78 is 0. The van der Waals surface area contributed by atoms with Crippen LogP contribution in [0.3, 0.4) is 0 Å². The van der Waals surface area contributed by atoms with Gasteiger partial charge in [-0.2, -0.15) is 0 Å². The summed E-state index contributed by atoms with van der Waals surface area (Å²) >= 11 is 0. The monoisotopic (exact) mass is 514 g/mol. The second kappa shape index (κ2) is 10.7. The van der Waals surface area contributed by atoms with Gasteiger partial charge in [-0.15, -0.1) is 0 Å². The van der Waals surface area contributed by atoms with Gasteiger partial charge in [-0.1, -0.05) is 48.6 Å². The Kier molecular flexibility index (Phi) is 7.07. The number of ketones is 2. The molecule has 6 fully saturated rings. The van der Waals surface area contributed by atoms with Gasteiger partial charge in [-0.05, 0) is 99.7 Å². The average Bonchev–Trinajstić information content (AvgIpc) is 3.74. The number of rotatable bonds is 4. The Hall–Kier alpha value is -1.78. The summed E-state index contributed by atoms with van der Waals surface area (Å²) in [6.45, 7) is 0. The molecule has 204 valence electrons. The molecule has 2 N–H and O–H groups in total. The molecule has 0 aliphatic heterocycles. The fraction of sp³-hybridized carbons (Fsp3) is 0.706. The van der Waals surface area contributed by atoms with E-state index in [1.165, 1.54) is 51.4 Å². The topological polar surface area (TPSA) is 58.2 Å². The molecule has 10 rings (SSSR count). The maximum absolute atomic E-state index is 10.7. The minimum Gasteiger partial charge on any atom is -0.311 e. The van der Waals surface area contributed by atoms with Gasteiger partial charge in [0.1, 0.15) is 11.6 Å². The van der Waals surface area contributed by atoms with Gasteiger partial charge in [0.2, 0.25) is 0 Å². The second-order valence-corrected chi connectivity index (χ2v) is 13.8. The standard InChI is InChI=1S/2C10H15N.2C7H8O/c2*1-2-7-6-10(9(7)3-1)11-8-4-5-8;2*8-7-4-5-2-1-3-6(5)7/h2*1-2,7-11H,3-6H2;2*1-2,5-6H,3-4H2/t2*7-,9-,10+;2*5-,6-/m1010/s1. The van der Waals surface area contributed by atoms with E-state index in [2.05, 4.69) is 59.2 Å². The summed E-state index contributed by atoms with van der Waals surface area (Å²) in [6, 6.07) is 3.56. The Bertz CT molecular complexity index is 951. The van der Waals surface area contributed by atoms with Crippen LogP contribution >= 0.6 is 0 Å². The third-order valence-electron chi connectivity index (χ3n) is 11.1. The van der Waals surface area contributed by atoms with E-state index in [4.69, 9.17) is 0 Å². The van der Waals surface area contributed by atoms with Crippen molar-refractivity contribution in [3.8, 4) is 0 Å². The molecule has 0 saturated heterocycles. The Labute approximate surface area is 228 Å². The first-order chi connectivity index (χ1) is 18.6. The van der Waals surface area contributed by atoms with Crippen molar-refractivity contribution >= 4 is 11.6 Å². The van der Waals surface area contributed by atoms with Crippen molar-refractivity contribution in [2.45, 2.75) is 101 Å². The zero-order valence-corrected chi connectivity index (χ0v) is 22.8. The summed E-state index contributed by atoms with van der Waals surface area (Å²) in [5.74, 6) is 6.92. The van der Waals surface area contributed by atoms with E-state index < -0.39 is 0 Å². The van der Waals surface area contributed by atoms with Gasteiger partial charge in [0.05, 0.1) is 0 Å². The molecular weight excluding hydrogens is 468 g/mol. The van der Waals surface area contributed by atoms with Crippen molar-refractivity contribution in [1.29, 1.82) is 0 Å². The van der Waals surface area contributed by atoms with Crippen molar-refractivity contribution < 1.29 is 9.59 Å². The molecule has 0 aromatic heterocycles. The van der Waals surface area contributed by atoms with E-state index in [1.807, 2.05) is 0 Å². The van der Waals surface area contributed by atoms with Crippen LogP contribution in [0.5, 0.6) is 0 Å². The molecule has 0 unspecified atom stereocenters. The molecule has 6 saturated carbocycles. The molecule has 0 amide bonds. The molecule has 0 radical (unpaired) electrons. The maximum Gasteiger partial charge on any atom is 0.137 e. The van der Waals surface area contributed by atoms with E-state index in [0.29, 0.717) is 35.2 Å². The molecule has 0 heterocycles. The fourth-order valence-corrected chi connectivity index (χ4v) is 7.95. The smallest absolute Gasteiger partial charge is 0.137 e. The number of Topliss-reactive ketones (excluding diaryl/α,β-unsaturated/α-hetero) is 2. The Morgan fingerprint density at radius 1 is 0.526 bits per heavy atom. The number of hydrogen-bond acceptors (Lipinski definition) is 4. The lowest BCUT2D eigenvalue weighted by Crippen LogP contribution is -2.48. The van der Waals surface area contributed by atoms with Crippen LogP contribution in [0.25, 0.3) is 0 Å². The number of carbonyl (C=O) groups is 2. The SMILES string of the molecule is C1=C[C@@H]2C[C@H](NC3CC3)[C@@H]2C1.C1=C[C@H]2C[C@@H](NC3CC3)[C@H]2C1.O=C1C[C@@H]2C=CC[C@H]12.O=C1C[C@H]2C=CC[C@@H]12. The van der Waals surface area contributed by atoms with E-state index in [1.54, 1.807) is 0 Å². The van der Waals surface area contributed by atoms with Crippen LogP contribution in [0.4, 0.5) is 0 Å². The largest absolute Gasteiger partial charge is 0.311 e. The molecule has 0 bridgehead atoms. The zero-order valence-electron chi connectivity index (χ0n) is 22.8. The molecule has 0 aromatic rings. The minimum atomic E-state index is 0.412. The quantitative estimate of drug-likeness (QED) is 0.472. The summed E-state index contributed by atoms with van der Waals surface area (Å²) in [4.78, 5) is 21.3. The van der Waals surface area contributed by atoms with Crippen LogP contribution in [0.1, 0.15) is 77.0 Å². The summed E-state index contributed by atoms with van der Waals surface area (Å²) in [6.07, 6.45) is 33.1. The second-order valence-electron chi connectivity index (χ2n) is 13.8. The molecule has 10 aliphatic carbocycles. The molecule has 4 heteroatoms. The summed E-state index contributed by atoms with van der Waals surface area (Å²) in [5.41, 5.74) is 0. The molecule has 38 heavy (non-hydrogen) atoms. The first-order valence-electron chi connectivity index (χ1n) is 15.9. The predicted molar refractivity (Wildman–Crippen MR) is 151 cm³/mol. The molecule has 10 aliphatic rings. The highest BCUT2D eigenvalue weighted by molar-refractivity contribution is 5.89. The van der Waals surface area contributed by atoms with Crippen LogP contribution in [0.2, 0.25) is 0 Å². The normalized spacial score (nSPS) is 44.8. The van der Waals surface area contributed by atoms with Crippen molar-refractivity contribution in [3.05, 3.63) is 48.6 Å². The van der Waals surface area contributed by atoms with Gasteiger partial charge in [0.25, 0.3) is 0 Å². The molecule has 0 spiro atoms. The number of hydrogen-bond donors (Lipinski definition) is 2. The van der Waals surface area contributed by atoms with Crippen molar-refractivity contribution in [1.82, 2.24) is 10.6 Å². The molecule has 0 aromatic carbocycles. The van der Waals surface area contributed by atoms with E-state index >= 15 is 0 Å². The first-order valence-corrected chi connectivity index (χ1v) is 15.9. The van der Waals surface area contributed by atoms with Gasteiger partial charge in [0, 0.05) is 48.8 Å². The molecule has 10 atom stereocenters. The van der Waals surface area contributed by atoms with Crippen LogP contribution in [-0.4, -0.2) is 35.7 Å². The third kappa shape index (κ3) is 5.32. The molecule has 4 nitrogen and oxygen atoms in total. The minimum absolute atomic E-state index is 0.412. The fourth-order valence-electron chi connectivity index (χ4n) is 7.95. The van der Waals surface area contributed by atoms with Gasteiger partial charge in [-0.25, -0.2) is 0 Å². The lowest BCUT2D eigenvalue weighted by molar-refractivity contribution is -0.132. The van der Waals surface area contributed by atoms with E-state index in [9.17, 15) is 9.59 Å². The number of fused-ring (bicyclic) bond motifs is 4. The predicted octanol–water partition coefficient (Wildman–Crippen LogP) is 5.71. The molecular formula is C34H46N2O2. The maximum atomic E-state index is 10.7. The van der Waals surface area contributed by atoms with Crippen LogP contribution < -0.4 is 10.6 Å². The number of allylic oxidation sites excluding steroid dienone is 8. The van der Waals surface area contributed by atoms with Crippen molar-refractivity contribution in [2.75, 3.05) is 0 Å². The highest BCUT2D eigenvalue weighted by Gasteiger charge is 2.44. The lowest BCUT2D eigenvalue weighted by atomic mass is 9.71. The zero-order chi connectivity index (χ0) is 25.6. The Balaban J connectivity index is 0.0000000860. The van der Waals surface area contributed by atoms with Crippen molar-refractivity contribution in [3.63, 3.8) is 0 Å².